The Morgan fingerprint density at radius 3 is 2.58 bits per heavy atom. The lowest BCUT2D eigenvalue weighted by molar-refractivity contribution is -0.127. The van der Waals surface area contributed by atoms with Gasteiger partial charge in [-0.15, -0.1) is 0 Å². The van der Waals surface area contributed by atoms with E-state index in [0.29, 0.717) is 12.3 Å². The van der Waals surface area contributed by atoms with Gasteiger partial charge in [-0.3, -0.25) is 4.79 Å². The van der Waals surface area contributed by atoms with Crippen molar-refractivity contribution in [2.75, 3.05) is 6.54 Å². The van der Waals surface area contributed by atoms with E-state index in [9.17, 15) is 9.90 Å². The van der Waals surface area contributed by atoms with Crippen molar-refractivity contribution in [3.63, 3.8) is 0 Å². The van der Waals surface area contributed by atoms with Gasteiger partial charge < -0.3 is 10.0 Å². The lowest BCUT2D eigenvalue weighted by Crippen LogP contribution is -2.41. The zero-order valence-corrected chi connectivity index (χ0v) is 19.4. The van der Waals surface area contributed by atoms with Crippen molar-refractivity contribution < 1.29 is 9.90 Å². The van der Waals surface area contributed by atoms with Crippen molar-refractivity contribution in [1.82, 2.24) is 4.90 Å². The molecule has 3 nitrogen and oxygen atoms in total. The Labute approximate surface area is 187 Å². The third-order valence-corrected chi connectivity index (χ3v) is 7.83. The van der Waals surface area contributed by atoms with E-state index >= 15 is 0 Å². The van der Waals surface area contributed by atoms with E-state index in [1.54, 1.807) is 0 Å². The Morgan fingerprint density at radius 1 is 1.13 bits per heavy atom. The number of nitrogens with zero attached hydrogens (tertiary/aromatic N) is 1. The molecule has 1 aromatic rings. The fourth-order valence-corrected chi connectivity index (χ4v) is 6.15. The molecule has 3 atom stereocenters. The molecule has 0 radical (unpaired) electrons. The smallest absolute Gasteiger partial charge is 0.250 e. The first-order valence-corrected chi connectivity index (χ1v) is 11.9. The van der Waals surface area contributed by atoms with Crippen LogP contribution in [-0.4, -0.2) is 34.6 Å². The van der Waals surface area contributed by atoms with Crippen LogP contribution < -0.4 is 0 Å². The fraction of sp³-hybridized carbons (Fsp3) is 0.536. The van der Waals surface area contributed by atoms with Crippen molar-refractivity contribution in [1.29, 1.82) is 0 Å². The Kier molecular flexibility index (Phi) is 6.25. The van der Waals surface area contributed by atoms with Gasteiger partial charge in [-0.2, -0.15) is 0 Å². The van der Waals surface area contributed by atoms with Crippen LogP contribution >= 0.6 is 0 Å². The van der Waals surface area contributed by atoms with Crippen molar-refractivity contribution in [3.05, 3.63) is 70.8 Å². The predicted octanol–water partition coefficient (Wildman–Crippen LogP) is 5.61. The van der Waals surface area contributed by atoms with Gasteiger partial charge in [0.15, 0.2) is 0 Å². The third-order valence-electron chi connectivity index (χ3n) is 7.83. The Bertz CT molecular complexity index is 908. The largest absolute Gasteiger partial charge is 0.389 e. The monoisotopic (exact) mass is 419 g/mol. The van der Waals surface area contributed by atoms with Crippen LogP contribution in [0.5, 0.6) is 0 Å². The van der Waals surface area contributed by atoms with Crippen LogP contribution in [-0.2, 0) is 11.2 Å². The second kappa shape index (κ2) is 8.78. The van der Waals surface area contributed by atoms with E-state index in [-0.39, 0.29) is 17.4 Å². The van der Waals surface area contributed by atoms with Gasteiger partial charge in [0.25, 0.3) is 0 Å². The summed E-state index contributed by atoms with van der Waals surface area (Å²) in [4.78, 5) is 15.7. The van der Waals surface area contributed by atoms with E-state index in [4.69, 9.17) is 0 Å². The molecule has 1 aromatic carbocycles. The number of hydrogen-bond donors (Lipinski definition) is 1. The molecule has 2 bridgehead atoms. The van der Waals surface area contributed by atoms with Crippen LogP contribution in [0.3, 0.4) is 0 Å². The summed E-state index contributed by atoms with van der Waals surface area (Å²) in [5.41, 5.74) is 6.02. The fourth-order valence-electron chi connectivity index (χ4n) is 6.15. The number of rotatable bonds is 3. The molecule has 166 valence electrons. The summed E-state index contributed by atoms with van der Waals surface area (Å²) in [6.07, 6.45) is 7.83. The molecule has 0 saturated heterocycles. The molecule has 31 heavy (non-hydrogen) atoms. The van der Waals surface area contributed by atoms with Crippen LogP contribution in [0.4, 0.5) is 0 Å². The van der Waals surface area contributed by atoms with Gasteiger partial charge in [0.05, 0.1) is 12.1 Å². The molecule has 0 aromatic heterocycles. The van der Waals surface area contributed by atoms with Crippen molar-refractivity contribution in [3.8, 4) is 0 Å². The Hall–Kier alpha value is -2.13. The van der Waals surface area contributed by atoms with Gasteiger partial charge in [0.2, 0.25) is 5.91 Å². The first-order valence-electron chi connectivity index (χ1n) is 11.9. The van der Waals surface area contributed by atoms with E-state index in [0.717, 1.165) is 61.8 Å². The van der Waals surface area contributed by atoms with Gasteiger partial charge in [0.1, 0.15) is 0 Å². The van der Waals surface area contributed by atoms with Crippen molar-refractivity contribution in [2.24, 2.45) is 11.3 Å². The Balaban J connectivity index is 1.69. The standard InChI is InChI=1S/C28H37NO2/c1-19-10-11-22-12-13-24-26(28(22,3)4)25(18-20(2)17-23(30)16-19)29(27(24)31)15-14-21-8-6-5-7-9-21/h5-9,17,22-23,25,30H,1,10-16,18H2,2-4H3. The molecule has 2 aliphatic carbocycles. The van der Waals surface area contributed by atoms with Crippen molar-refractivity contribution >= 4 is 5.91 Å². The zero-order valence-electron chi connectivity index (χ0n) is 19.4. The maximum atomic E-state index is 13.6. The molecule has 1 amide bonds. The number of aliphatic hydroxyl groups is 1. The molecule has 3 aliphatic rings. The highest BCUT2D eigenvalue weighted by Crippen LogP contribution is 2.53. The van der Waals surface area contributed by atoms with Crippen LogP contribution in [0.1, 0.15) is 64.9 Å². The van der Waals surface area contributed by atoms with Crippen molar-refractivity contribution in [2.45, 2.75) is 77.9 Å². The van der Waals surface area contributed by atoms with Crippen LogP contribution in [0.15, 0.2) is 65.3 Å². The topological polar surface area (TPSA) is 40.5 Å². The summed E-state index contributed by atoms with van der Waals surface area (Å²) in [5.74, 6) is 0.795. The lowest BCUT2D eigenvalue weighted by atomic mass is 9.62. The number of aliphatic hydroxyl groups excluding tert-OH is 1. The highest BCUT2D eigenvalue weighted by Gasteiger charge is 2.49. The first kappa shape index (κ1) is 22.1. The SMILES string of the molecule is C=C1CCC2CCC3=C(C(CC(C)=CC(O)C1)N(CCc1ccccc1)C3=O)C2(C)C. The maximum absolute atomic E-state index is 13.6. The maximum Gasteiger partial charge on any atom is 0.250 e. The predicted molar refractivity (Wildman–Crippen MR) is 127 cm³/mol. The van der Waals surface area contributed by atoms with Crippen LogP contribution in [0.25, 0.3) is 0 Å². The normalized spacial score (nSPS) is 28.8. The van der Waals surface area contributed by atoms with Gasteiger partial charge >= 0.3 is 0 Å². The minimum Gasteiger partial charge on any atom is -0.389 e. The molecule has 0 saturated carbocycles. The zero-order chi connectivity index (χ0) is 22.2. The number of benzene rings is 1. The van der Waals surface area contributed by atoms with Gasteiger partial charge in [-0.25, -0.2) is 0 Å². The van der Waals surface area contributed by atoms with E-state index in [1.807, 2.05) is 12.1 Å². The first-order chi connectivity index (χ1) is 14.8. The number of fused-ring (bicyclic) bond motifs is 1. The van der Waals surface area contributed by atoms with Gasteiger partial charge in [0, 0.05) is 12.1 Å². The average molecular weight is 420 g/mol. The molecule has 4 rings (SSSR count). The molecular formula is C28H37NO2. The molecule has 0 fully saturated rings. The summed E-state index contributed by atoms with van der Waals surface area (Å²) in [6, 6.07) is 10.6. The lowest BCUT2D eigenvalue weighted by Gasteiger charge is -2.43. The number of carbonyl (C=O) groups excluding carboxylic acids is 1. The molecule has 1 heterocycles. The van der Waals surface area contributed by atoms with E-state index in [1.165, 1.54) is 11.1 Å². The molecule has 0 spiro atoms. The highest BCUT2D eigenvalue weighted by atomic mass is 16.3. The minimum absolute atomic E-state index is 0.00772. The number of hydrogen-bond acceptors (Lipinski definition) is 2. The quantitative estimate of drug-likeness (QED) is 0.647. The average Bonchev–Trinajstić information content (AvgIpc) is 2.97. The Morgan fingerprint density at radius 2 is 1.84 bits per heavy atom. The van der Waals surface area contributed by atoms with Gasteiger partial charge in [-0.1, -0.05) is 68.0 Å². The van der Waals surface area contributed by atoms with Crippen LogP contribution in [0.2, 0.25) is 0 Å². The molecule has 1 aliphatic heterocycles. The summed E-state index contributed by atoms with van der Waals surface area (Å²) in [5, 5.41) is 10.5. The van der Waals surface area contributed by atoms with E-state index < -0.39 is 6.10 Å². The second-order valence-corrected chi connectivity index (χ2v) is 10.4. The summed E-state index contributed by atoms with van der Waals surface area (Å²) in [6.45, 7) is 11.8. The second-order valence-electron chi connectivity index (χ2n) is 10.4. The molecular weight excluding hydrogens is 382 g/mol. The molecule has 3 unspecified atom stereocenters. The molecule has 1 N–H and O–H groups in total. The summed E-state index contributed by atoms with van der Waals surface area (Å²) in [7, 11) is 0. The number of amides is 1. The molecule has 3 heteroatoms. The minimum atomic E-state index is -0.483. The van der Waals surface area contributed by atoms with E-state index in [2.05, 4.69) is 56.5 Å². The number of carbonyl (C=O) groups is 1. The third kappa shape index (κ3) is 4.43. The highest BCUT2D eigenvalue weighted by molar-refractivity contribution is 5.98. The summed E-state index contributed by atoms with van der Waals surface area (Å²) >= 11 is 0. The van der Waals surface area contributed by atoms with Gasteiger partial charge in [-0.05, 0) is 74.3 Å². The van der Waals surface area contributed by atoms with Crippen LogP contribution in [0, 0.1) is 11.3 Å². The summed E-state index contributed by atoms with van der Waals surface area (Å²) < 4.78 is 0.